The molecular formula is C13H14F2N4O3. The molecule has 1 amide bonds. The van der Waals surface area contributed by atoms with E-state index in [-0.39, 0.29) is 17.9 Å². The second kappa shape index (κ2) is 6.51. The summed E-state index contributed by atoms with van der Waals surface area (Å²) in [5.74, 6) is 1.81. The van der Waals surface area contributed by atoms with Crippen molar-refractivity contribution in [1.82, 2.24) is 5.16 Å². The third kappa shape index (κ3) is 4.00. The number of anilines is 1. The second-order valence-corrected chi connectivity index (χ2v) is 4.73. The molecule has 1 N–H and O–H groups in total. The van der Waals surface area contributed by atoms with Crippen LogP contribution >= 0.6 is 0 Å². The molecule has 0 fully saturated rings. The molecule has 1 aromatic heterocycles. The van der Waals surface area contributed by atoms with Crippen molar-refractivity contribution in [1.29, 1.82) is 0 Å². The summed E-state index contributed by atoms with van der Waals surface area (Å²) in [7, 11) is 0. The number of hydrogen-bond acceptors (Lipinski definition) is 6. The Bertz CT molecular complexity index is 615. The van der Waals surface area contributed by atoms with Crippen LogP contribution < -0.4 is 10.1 Å². The number of terminal acetylenes is 1. The molecule has 0 saturated heterocycles. The van der Waals surface area contributed by atoms with Gasteiger partial charge in [0.1, 0.15) is 5.69 Å². The fourth-order valence-corrected chi connectivity index (χ4v) is 1.84. The third-order valence-electron chi connectivity index (χ3n) is 3.10. The molecule has 2 rings (SSSR count). The zero-order chi connectivity index (χ0) is 16.2. The number of carbonyl (C=O) groups is 1. The summed E-state index contributed by atoms with van der Waals surface area (Å²) in [6.07, 6.45) is 6.79. The lowest BCUT2D eigenvalue weighted by molar-refractivity contribution is -0.116. The number of rotatable bonds is 8. The number of alkyl halides is 2. The predicted octanol–water partition coefficient (Wildman–Crippen LogP) is 2.88. The molecule has 0 aliphatic carbocycles. The minimum Gasteiger partial charge on any atom is -0.412 e. The van der Waals surface area contributed by atoms with Crippen molar-refractivity contribution in [3.8, 4) is 18.2 Å². The number of nitrogens with one attached hydrogen (secondary N) is 1. The summed E-state index contributed by atoms with van der Waals surface area (Å²) >= 11 is 0. The van der Waals surface area contributed by atoms with Crippen LogP contribution in [0.4, 0.5) is 14.5 Å². The first-order valence-corrected chi connectivity index (χ1v) is 6.54. The first kappa shape index (κ1) is 15.9. The molecular weight excluding hydrogens is 298 g/mol. The Morgan fingerprint density at radius 2 is 2.23 bits per heavy atom. The van der Waals surface area contributed by atoms with Gasteiger partial charge in [-0.3, -0.25) is 4.79 Å². The van der Waals surface area contributed by atoms with Crippen molar-refractivity contribution in [2.75, 3.05) is 5.32 Å². The molecule has 1 aromatic rings. The van der Waals surface area contributed by atoms with Crippen LogP contribution in [0.2, 0.25) is 0 Å². The average Bonchev–Trinajstić information content (AvgIpc) is 3.17. The topological polar surface area (TPSA) is 89.1 Å². The van der Waals surface area contributed by atoms with E-state index in [1.807, 2.05) is 0 Å². The molecule has 0 bridgehead atoms. The summed E-state index contributed by atoms with van der Waals surface area (Å²) in [6.45, 7) is -1.59. The number of carbonyl (C=O) groups excluding carboxylic acids is 1. The highest BCUT2D eigenvalue weighted by Gasteiger charge is 2.39. The predicted molar refractivity (Wildman–Crippen MR) is 71.4 cm³/mol. The van der Waals surface area contributed by atoms with Crippen LogP contribution in [-0.2, 0) is 4.79 Å². The number of amides is 1. The van der Waals surface area contributed by atoms with Gasteiger partial charge in [-0.25, -0.2) is 0 Å². The Kier molecular flexibility index (Phi) is 4.70. The van der Waals surface area contributed by atoms with E-state index >= 15 is 0 Å². The smallest absolute Gasteiger partial charge is 0.388 e. The van der Waals surface area contributed by atoms with E-state index in [4.69, 9.17) is 10.9 Å². The molecule has 0 saturated carbocycles. The van der Waals surface area contributed by atoms with Gasteiger partial charge in [-0.05, 0) is 12.1 Å². The Morgan fingerprint density at radius 3 is 2.82 bits per heavy atom. The van der Waals surface area contributed by atoms with Gasteiger partial charge in [0, 0.05) is 25.7 Å². The van der Waals surface area contributed by atoms with Crippen LogP contribution in [0, 0.1) is 19.3 Å². The molecule has 0 unspecified atom stereocenters. The van der Waals surface area contributed by atoms with E-state index in [0.29, 0.717) is 19.3 Å². The first-order chi connectivity index (χ1) is 10.5. The molecule has 118 valence electrons. The zero-order valence-electron chi connectivity index (χ0n) is 11.8. The van der Waals surface area contributed by atoms with Gasteiger partial charge in [0.25, 0.3) is 5.88 Å². The normalized spacial score (nSPS) is 14.7. The monoisotopic (exact) mass is 312 g/mol. The summed E-state index contributed by atoms with van der Waals surface area (Å²) in [5, 5.41) is 13.6. The second-order valence-electron chi connectivity index (χ2n) is 4.73. The van der Waals surface area contributed by atoms with E-state index in [9.17, 15) is 13.6 Å². The number of aryl methyl sites for hydroxylation is 1. The largest absolute Gasteiger partial charge is 0.412 e. The van der Waals surface area contributed by atoms with Crippen LogP contribution in [-0.4, -0.2) is 23.3 Å². The van der Waals surface area contributed by atoms with Crippen molar-refractivity contribution in [2.45, 2.75) is 44.9 Å². The molecule has 7 nitrogen and oxygen atoms in total. The van der Waals surface area contributed by atoms with Crippen molar-refractivity contribution in [3.05, 3.63) is 5.76 Å². The van der Waals surface area contributed by atoms with Gasteiger partial charge in [-0.2, -0.15) is 19.0 Å². The molecule has 2 heterocycles. The van der Waals surface area contributed by atoms with Gasteiger partial charge < -0.3 is 14.6 Å². The fraction of sp³-hybridized carbons (Fsp3) is 0.538. The summed E-state index contributed by atoms with van der Waals surface area (Å²) < 4.78 is 33.3. The highest BCUT2D eigenvalue weighted by Crippen LogP contribution is 2.38. The SMILES string of the molecule is C#CCCC1(CCC(=O)Nc2c(OC(F)F)noc2C)N=N1. The molecule has 0 atom stereocenters. The first-order valence-electron chi connectivity index (χ1n) is 6.54. The molecule has 9 heteroatoms. The van der Waals surface area contributed by atoms with Crippen LogP contribution in [0.1, 0.15) is 31.4 Å². The summed E-state index contributed by atoms with van der Waals surface area (Å²) in [5.41, 5.74) is -0.581. The molecule has 1 aliphatic heterocycles. The van der Waals surface area contributed by atoms with E-state index in [1.54, 1.807) is 0 Å². The fourth-order valence-electron chi connectivity index (χ4n) is 1.84. The number of ether oxygens (including phenoxy) is 1. The Balaban J connectivity index is 1.87. The highest BCUT2D eigenvalue weighted by molar-refractivity contribution is 5.92. The van der Waals surface area contributed by atoms with E-state index in [1.165, 1.54) is 6.92 Å². The lowest BCUT2D eigenvalue weighted by Crippen LogP contribution is -2.18. The maximum absolute atomic E-state index is 12.2. The highest BCUT2D eigenvalue weighted by atomic mass is 19.3. The average molecular weight is 312 g/mol. The van der Waals surface area contributed by atoms with Crippen LogP contribution in [0.5, 0.6) is 5.88 Å². The molecule has 1 aliphatic rings. The van der Waals surface area contributed by atoms with Gasteiger partial charge in [-0.15, -0.1) is 12.3 Å². The van der Waals surface area contributed by atoms with Crippen molar-refractivity contribution in [2.24, 2.45) is 10.2 Å². The van der Waals surface area contributed by atoms with E-state index < -0.39 is 24.1 Å². The van der Waals surface area contributed by atoms with Gasteiger partial charge in [0.15, 0.2) is 11.4 Å². The quantitative estimate of drug-likeness (QED) is 0.747. The third-order valence-corrected chi connectivity index (χ3v) is 3.10. The maximum atomic E-state index is 12.2. The van der Waals surface area contributed by atoms with Gasteiger partial charge in [-0.1, -0.05) is 0 Å². The van der Waals surface area contributed by atoms with Crippen molar-refractivity contribution >= 4 is 11.6 Å². The summed E-state index contributed by atoms with van der Waals surface area (Å²) in [4.78, 5) is 11.9. The number of nitrogens with zero attached hydrogens (tertiary/aromatic N) is 3. The van der Waals surface area contributed by atoms with Crippen LogP contribution in [0.25, 0.3) is 0 Å². The molecule has 0 aromatic carbocycles. The number of halogens is 2. The van der Waals surface area contributed by atoms with E-state index in [2.05, 4.69) is 31.4 Å². The number of hydrogen-bond donors (Lipinski definition) is 1. The van der Waals surface area contributed by atoms with Gasteiger partial charge in [0.2, 0.25) is 5.91 Å². The lowest BCUT2D eigenvalue weighted by Gasteiger charge is -2.09. The zero-order valence-corrected chi connectivity index (χ0v) is 11.8. The molecule has 0 radical (unpaired) electrons. The minimum absolute atomic E-state index is 0.00681. The van der Waals surface area contributed by atoms with Crippen LogP contribution in [0.3, 0.4) is 0 Å². The Morgan fingerprint density at radius 1 is 1.50 bits per heavy atom. The summed E-state index contributed by atoms with van der Waals surface area (Å²) in [6, 6.07) is 0. The van der Waals surface area contributed by atoms with Crippen molar-refractivity contribution < 1.29 is 22.8 Å². The standard InChI is InChI=1S/C13H14F2N4O3/c1-3-4-6-13(18-19-13)7-5-9(20)16-10-8(2)22-17-11(10)21-12(14)15/h1,12H,4-7H2,2H3,(H,16,20). The van der Waals surface area contributed by atoms with Gasteiger partial charge in [0.05, 0.1) is 0 Å². The minimum atomic E-state index is -3.06. The Hall–Kier alpha value is -2.50. The lowest BCUT2D eigenvalue weighted by atomic mass is 10.0. The maximum Gasteiger partial charge on any atom is 0.388 e. The van der Waals surface area contributed by atoms with E-state index in [0.717, 1.165) is 0 Å². The molecule has 22 heavy (non-hydrogen) atoms. The van der Waals surface area contributed by atoms with Crippen LogP contribution in [0.15, 0.2) is 14.8 Å². The van der Waals surface area contributed by atoms with Gasteiger partial charge >= 0.3 is 6.61 Å². The molecule has 0 spiro atoms. The van der Waals surface area contributed by atoms with Crippen molar-refractivity contribution in [3.63, 3.8) is 0 Å². The number of aromatic nitrogens is 1. The Labute approximate surface area is 125 Å².